The molecule has 0 fully saturated rings. The van der Waals surface area contributed by atoms with E-state index in [1.807, 2.05) is 0 Å². The van der Waals surface area contributed by atoms with Crippen LogP contribution in [-0.4, -0.2) is 17.3 Å². The summed E-state index contributed by atoms with van der Waals surface area (Å²) in [5.41, 5.74) is -1.60. The molecule has 0 bridgehead atoms. The lowest BCUT2D eigenvalue weighted by Gasteiger charge is -2.05. The molecule has 0 unspecified atom stereocenters. The lowest BCUT2D eigenvalue weighted by atomic mass is 10.3. The minimum atomic E-state index is -5.19. The molecule has 4 nitrogen and oxygen atoms in total. The first-order chi connectivity index (χ1) is 6.34. The largest absolute Gasteiger partial charge is 0.515 e. The third-order valence-corrected chi connectivity index (χ3v) is 0.950. The Bertz CT molecular complexity index is 356. The van der Waals surface area contributed by atoms with Crippen LogP contribution in [0.5, 0.6) is 0 Å². The number of terminal acetylenes is 1. The Morgan fingerprint density at radius 2 is 2.07 bits per heavy atom. The zero-order valence-electron chi connectivity index (χ0n) is 6.42. The molecule has 0 saturated carbocycles. The summed E-state index contributed by atoms with van der Waals surface area (Å²) in [7, 11) is 0. The fraction of sp³-hybridized carbons (Fsp3) is 0.143. The van der Waals surface area contributed by atoms with Crippen molar-refractivity contribution >= 4 is 5.97 Å². The summed E-state index contributed by atoms with van der Waals surface area (Å²) in [6, 6.07) is 0. The Morgan fingerprint density at radius 1 is 1.57 bits per heavy atom. The van der Waals surface area contributed by atoms with Crippen molar-refractivity contribution in [2.45, 2.75) is 6.18 Å². The summed E-state index contributed by atoms with van der Waals surface area (Å²) in [4.78, 5) is 12.7. The van der Waals surface area contributed by atoms with Gasteiger partial charge in [-0.3, -0.25) is 4.79 Å². The molecule has 0 heterocycles. The van der Waals surface area contributed by atoms with Gasteiger partial charge in [-0.2, -0.15) is 13.2 Å². The van der Waals surface area contributed by atoms with Crippen molar-refractivity contribution < 1.29 is 27.8 Å². The van der Waals surface area contributed by atoms with E-state index in [9.17, 15) is 18.0 Å². The number of alkyl halides is 3. The van der Waals surface area contributed by atoms with Crippen LogP contribution in [0.1, 0.15) is 0 Å². The van der Waals surface area contributed by atoms with E-state index >= 15 is 0 Å². The summed E-state index contributed by atoms with van der Waals surface area (Å²) in [5.74, 6) is -4.05. The molecule has 0 aromatic carbocycles. The highest BCUT2D eigenvalue weighted by Gasteiger charge is 2.39. The molecular weight excluding hydrogens is 203 g/mol. The molecule has 0 aromatic rings. The third-order valence-electron chi connectivity index (χ3n) is 0.950. The van der Waals surface area contributed by atoms with Gasteiger partial charge in [0, 0.05) is 0 Å². The van der Waals surface area contributed by atoms with Crippen molar-refractivity contribution in [1.29, 1.82) is 0 Å². The molecule has 0 aliphatic carbocycles. The number of aliphatic hydroxyl groups excluding tert-OH is 1. The number of ether oxygens (including phenoxy) is 1. The van der Waals surface area contributed by atoms with Crippen LogP contribution in [0, 0.1) is 19.1 Å². The second-order valence-electron chi connectivity index (χ2n) is 1.81. The number of hydrogen-bond acceptors (Lipinski definition) is 3. The first-order valence-corrected chi connectivity index (χ1v) is 2.89. The van der Waals surface area contributed by atoms with Gasteiger partial charge in [0.25, 0.3) is 0 Å². The van der Waals surface area contributed by atoms with Crippen molar-refractivity contribution in [3.63, 3.8) is 0 Å². The zero-order chi connectivity index (χ0) is 11.4. The average molecular weight is 205 g/mol. The highest BCUT2D eigenvalue weighted by atomic mass is 19.4. The predicted octanol–water partition coefficient (Wildman–Crippen LogP) is 1.37. The molecular formula is C7H2F3NO3. The van der Waals surface area contributed by atoms with Crippen LogP contribution >= 0.6 is 0 Å². The molecule has 0 radical (unpaired) electrons. The molecule has 0 aliphatic heterocycles. The number of hydrogen-bond donors (Lipinski definition) is 1. The first kappa shape index (κ1) is 11.8. The number of rotatable bonds is 1. The van der Waals surface area contributed by atoms with Gasteiger partial charge in [-0.1, -0.05) is 6.42 Å². The monoisotopic (exact) mass is 205 g/mol. The summed E-state index contributed by atoms with van der Waals surface area (Å²) >= 11 is 0. The molecule has 14 heavy (non-hydrogen) atoms. The fourth-order valence-corrected chi connectivity index (χ4v) is 0.431. The van der Waals surface area contributed by atoms with Crippen LogP contribution < -0.4 is 0 Å². The Morgan fingerprint density at radius 3 is 2.36 bits per heavy atom. The number of nitrogens with zero attached hydrogens (tertiary/aromatic N) is 1. The van der Waals surface area contributed by atoms with Crippen LogP contribution in [0.3, 0.4) is 0 Å². The molecule has 0 spiro atoms. The molecule has 74 valence electrons. The maximum Gasteiger partial charge on any atom is 0.438 e. The Kier molecular flexibility index (Phi) is 3.55. The topological polar surface area (TPSA) is 50.9 Å². The van der Waals surface area contributed by atoms with Gasteiger partial charge in [-0.25, -0.2) is 4.85 Å². The molecule has 0 atom stereocenters. The average Bonchev–Trinajstić information content (AvgIpc) is 2.04. The van der Waals surface area contributed by atoms with Gasteiger partial charge in [0.05, 0.1) is 6.57 Å². The third kappa shape index (κ3) is 2.72. The zero-order valence-corrected chi connectivity index (χ0v) is 6.42. The standard InChI is InChI=1S/C7H2F3NO3/c1-3-14-6(13)4(11-2)5(12)7(8,9)10/h1,12H/b5-4+. The van der Waals surface area contributed by atoms with Gasteiger partial charge in [0.15, 0.2) is 0 Å². The number of carbonyl (C=O) groups is 1. The maximum atomic E-state index is 11.8. The molecule has 1 N–H and O–H groups in total. The first-order valence-electron chi connectivity index (χ1n) is 2.89. The fourth-order valence-electron chi connectivity index (χ4n) is 0.431. The molecule has 0 aliphatic rings. The minimum Gasteiger partial charge on any atom is -0.515 e. The molecule has 7 heteroatoms. The van der Waals surface area contributed by atoms with Crippen LogP contribution in [0.15, 0.2) is 11.5 Å². The van der Waals surface area contributed by atoms with E-state index in [1.165, 1.54) is 6.11 Å². The minimum absolute atomic E-state index is 1.28. The summed E-state index contributed by atoms with van der Waals surface area (Å²) in [6.45, 7) is 6.22. The molecule has 0 amide bonds. The van der Waals surface area contributed by atoms with Gasteiger partial charge < -0.3 is 9.84 Å². The van der Waals surface area contributed by atoms with Gasteiger partial charge in [-0.15, -0.1) is 0 Å². The smallest absolute Gasteiger partial charge is 0.438 e. The number of allylic oxidation sites excluding steroid dienone is 1. The van der Waals surface area contributed by atoms with Gasteiger partial charge >= 0.3 is 17.8 Å². The van der Waals surface area contributed by atoms with E-state index in [4.69, 9.17) is 11.7 Å². The Hall–Kier alpha value is -2.15. The highest BCUT2D eigenvalue weighted by Crippen LogP contribution is 2.26. The summed E-state index contributed by atoms with van der Waals surface area (Å²) < 4.78 is 39.0. The normalized spacial score (nSPS) is 12.1. The van der Waals surface area contributed by atoms with E-state index in [1.54, 1.807) is 0 Å². The predicted molar refractivity (Wildman–Crippen MR) is 37.2 cm³/mol. The van der Waals surface area contributed by atoms with Crippen LogP contribution in [0.2, 0.25) is 0 Å². The van der Waals surface area contributed by atoms with Crippen LogP contribution in [0.4, 0.5) is 13.2 Å². The lowest BCUT2D eigenvalue weighted by Crippen LogP contribution is -2.17. The Balaban J connectivity index is 5.20. The van der Waals surface area contributed by atoms with Crippen molar-refractivity contribution in [2.75, 3.05) is 0 Å². The summed E-state index contributed by atoms with van der Waals surface area (Å²) in [5, 5.41) is 8.41. The van der Waals surface area contributed by atoms with E-state index in [0.29, 0.717) is 0 Å². The Labute approximate surface area is 76.4 Å². The highest BCUT2D eigenvalue weighted by molar-refractivity contribution is 5.91. The molecule has 0 saturated heterocycles. The van der Waals surface area contributed by atoms with Crippen molar-refractivity contribution in [3.8, 4) is 12.5 Å². The number of aliphatic hydroxyl groups is 1. The van der Waals surface area contributed by atoms with E-state index in [2.05, 4.69) is 16.0 Å². The van der Waals surface area contributed by atoms with Crippen molar-refractivity contribution in [2.24, 2.45) is 0 Å². The SMILES string of the molecule is [C-]#[N+]/C(C(=O)OC#C)=C(/O)C(F)(F)F. The van der Waals surface area contributed by atoms with E-state index in [0.717, 1.165) is 0 Å². The second kappa shape index (κ2) is 4.19. The van der Waals surface area contributed by atoms with Crippen LogP contribution in [-0.2, 0) is 9.53 Å². The van der Waals surface area contributed by atoms with Gasteiger partial charge in [-0.05, 0) is 0 Å². The van der Waals surface area contributed by atoms with Gasteiger partial charge in [0.2, 0.25) is 5.76 Å². The molecule has 0 aromatic heterocycles. The van der Waals surface area contributed by atoms with E-state index in [-0.39, 0.29) is 0 Å². The van der Waals surface area contributed by atoms with Crippen LogP contribution in [0.25, 0.3) is 4.85 Å². The second-order valence-corrected chi connectivity index (χ2v) is 1.81. The van der Waals surface area contributed by atoms with E-state index < -0.39 is 23.6 Å². The van der Waals surface area contributed by atoms with Crippen molar-refractivity contribution in [1.82, 2.24) is 0 Å². The number of halogens is 3. The molecule has 0 rings (SSSR count). The summed E-state index contributed by atoms with van der Waals surface area (Å²) in [6.07, 6.45) is 0.546. The quantitative estimate of drug-likeness (QED) is 0.231. The van der Waals surface area contributed by atoms with Crippen molar-refractivity contribution in [3.05, 3.63) is 22.9 Å². The number of esters is 1. The number of carbonyl (C=O) groups excluding carboxylic acids is 1. The lowest BCUT2D eigenvalue weighted by molar-refractivity contribution is -0.137. The van der Waals surface area contributed by atoms with Gasteiger partial charge in [0.1, 0.15) is 6.11 Å². The maximum absolute atomic E-state index is 11.8.